The second-order valence-electron chi connectivity index (χ2n) is 5.51. The number of hydrogen-bond donors (Lipinski definition) is 3. The Kier molecular flexibility index (Phi) is 4.25. The van der Waals surface area contributed by atoms with E-state index in [-0.39, 0.29) is 18.1 Å². The Labute approximate surface area is 117 Å². The molecule has 0 amide bonds. The number of rotatable bonds is 5. The average Bonchev–Trinajstić information content (AvgIpc) is 2.83. The third-order valence-corrected chi connectivity index (χ3v) is 3.36. The number of carbonyl (C=O) groups is 1. The van der Waals surface area contributed by atoms with Gasteiger partial charge in [0.25, 0.3) is 0 Å². The molecule has 0 aromatic carbocycles. The van der Waals surface area contributed by atoms with Gasteiger partial charge in [-0.1, -0.05) is 13.8 Å². The van der Waals surface area contributed by atoms with Crippen LogP contribution in [0.2, 0.25) is 0 Å². The summed E-state index contributed by atoms with van der Waals surface area (Å²) in [6, 6.07) is 3.05. The normalized spacial score (nSPS) is 22.2. The number of pyridine rings is 1. The maximum atomic E-state index is 11.1. The van der Waals surface area contributed by atoms with Crippen LogP contribution in [0.1, 0.15) is 42.2 Å². The Bertz CT molecular complexity index is 496. The van der Waals surface area contributed by atoms with Gasteiger partial charge in [-0.2, -0.15) is 0 Å². The molecule has 6 heteroatoms. The van der Waals surface area contributed by atoms with E-state index >= 15 is 0 Å². The highest BCUT2D eigenvalue weighted by atomic mass is 16.5. The zero-order valence-electron chi connectivity index (χ0n) is 11.7. The van der Waals surface area contributed by atoms with Crippen LogP contribution in [0.5, 0.6) is 0 Å². The molecule has 6 nitrogen and oxygen atoms in total. The summed E-state index contributed by atoms with van der Waals surface area (Å²) in [6.07, 6.45) is 0.565. The number of aromatic carboxylic acids is 1. The van der Waals surface area contributed by atoms with Crippen LogP contribution in [0.4, 0.5) is 5.82 Å². The molecule has 2 rings (SSSR count). The van der Waals surface area contributed by atoms with Crippen molar-refractivity contribution < 1.29 is 19.7 Å². The van der Waals surface area contributed by atoms with E-state index in [0.29, 0.717) is 31.1 Å². The molecule has 1 aromatic rings. The Morgan fingerprint density at radius 3 is 2.85 bits per heavy atom. The van der Waals surface area contributed by atoms with Gasteiger partial charge in [-0.15, -0.1) is 0 Å². The summed E-state index contributed by atoms with van der Waals surface area (Å²) in [5, 5.41) is 22.3. The van der Waals surface area contributed by atoms with Crippen molar-refractivity contribution in [3.63, 3.8) is 0 Å². The Morgan fingerprint density at radius 2 is 2.30 bits per heavy atom. The third kappa shape index (κ3) is 3.46. The summed E-state index contributed by atoms with van der Waals surface area (Å²) in [7, 11) is 0. The quantitative estimate of drug-likeness (QED) is 0.756. The van der Waals surface area contributed by atoms with Crippen molar-refractivity contribution in [2.24, 2.45) is 0 Å². The summed E-state index contributed by atoms with van der Waals surface area (Å²) in [4.78, 5) is 15.5. The first-order valence-corrected chi connectivity index (χ1v) is 6.69. The lowest BCUT2D eigenvalue weighted by Crippen LogP contribution is -2.37. The molecule has 1 aromatic heterocycles. The van der Waals surface area contributed by atoms with Gasteiger partial charge >= 0.3 is 5.97 Å². The van der Waals surface area contributed by atoms with E-state index in [1.165, 1.54) is 6.07 Å². The van der Waals surface area contributed by atoms with Crippen molar-refractivity contribution in [1.82, 2.24) is 4.98 Å². The molecule has 0 saturated carbocycles. The SMILES string of the molecule is CC(C)c1cc(C(=O)O)cc(NCC2(O)CCOC2)n1. The van der Waals surface area contributed by atoms with Crippen LogP contribution in [-0.4, -0.2) is 46.5 Å². The highest BCUT2D eigenvalue weighted by Gasteiger charge is 2.32. The van der Waals surface area contributed by atoms with Gasteiger partial charge in [-0.05, 0) is 18.1 Å². The van der Waals surface area contributed by atoms with Crippen molar-refractivity contribution in [1.29, 1.82) is 0 Å². The number of anilines is 1. The standard InChI is InChI=1S/C14H20N2O4/c1-9(2)11-5-10(13(17)18)6-12(16-11)15-7-14(19)3-4-20-8-14/h5-6,9,19H,3-4,7-8H2,1-2H3,(H,15,16)(H,17,18). The van der Waals surface area contributed by atoms with Gasteiger partial charge < -0.3 is 20.3 Å². The fraction of sp³-hybridized carbons (Fsp3) is 0.571. The van der Waals surface area contributed by atoms with Crippen molar-refractivity contribution >= 4 is 11.8 Å². The van der Waals surface area contributed by atoms with Gasteiger partial charge in [-0.25, -0.2) is 9.78 Å². The van der Waals surface area contributed by atoms with Crippen LogP contribution >= 0.6 is 0 Å². The van der Waals surface area contributed by atoms with E-state index in [4.69, 9.17) is 9.84 Å². The fourth-order valence-electron chi connectivity index (χ4n) is 2.05. The highest BCUT2D eigenvalue weighted by Crippen LogP contribution is 2.21. The summed E-state index contributed by atoms with van der Waals surface area (Å²) in [5.41, 5.74) is 0.00162. The molecule has 1 fully saturated rings. The molecule has 1 saturated heterocycles. The molecular formula is C14H20N2O4. The molecule has 0 bridgehead atoms. The van der Waals surface area contributed by atoms with E-state index < -0.39 is 11.6 Å². The summed E-state index contributed by atoms with van der Waals surface area (Å²) in [6.45, 7) is 5.03. The number of aliphatic hydroxyl groups is 1. The number of carboxylic acid groups (broad SMARTS) is 1. The minimum absolute atomic E-state index is 0.132. The van der Waals surface area contributed by atoms with Gasteiger partial charge in [0.2, 0.25) is 0 Å². The lowest BCUT2D eigenvalue weighted by atomic mass is 10.0. The molecule has 1 atom stereocenters. The summed E-state index contributed by atoms with van der Waals surface area (Å²) in [5.74, 6) is -0.387. The molecule has 110 valence electrons. The third-order valence-electron chi connectivity index (χ3n) is 3.36. The summed E-state index contributed by atoms with van der Waals surface area (Å²) >= 11 is 0. The first kappa shape index (κ1) is 14.7. The first-order valence-electron chi connectivity index (χ1n) is 6.69. The topological polar surface area (TPSA) is 91.7 Å². The Morgan fingerprint density at radius 1 is 1.55 bits per heavy atom. The molecule has 20 heavy (non-hydrogen) atoms. The molecule has 0 aliphatic carbocycles. The van der Waals surface area contributed by atoms with Crippen molar-refractivity contribution in [2.45, 2.75) is 31.8 Å². The smallest absolute Gasteiger partial charge is 0.335 e. The number of ether oxygens (including phenoxy) is 1. The second-order valence-corrected chi connectivity index (χ2v) is 5.51. The van der Waals surface area contributed by atoms with E-state index in [1.807, 2.05) is 13.8 Å². The van der Waals surface area contributed by atoms with Gasteiger partial charge in [0.05, 0.1) is 12.2 Å². The molecule has 1 unspecified atom stereocenters. The molecule has 1 aliphatic heterocycles. The molecule has 0 radical (unpaired) electrons. The predicted molar refractivity (Wildman–Crippen MR) is 74.2 cm³/mol. The molecule has 3 N–H and O–H groups in total. The molecular weight excluding hydrogens is 260 g/mol. The van der Waals surface area contributed by atoms with E-state index in [0.717, 1.165) is 0 Å². The predicted octanol–water partition coefficient (Wildman–Crippen LogP) is 1.47. The van der Waals surface area contributed by atoms with E-state index in [2.05, 4.69) is 10.3 Å². The largest absolute Gasteiger partial charge is 0.478 e. The number of carboxylic acids is 1. The average molecular weight is 280 g/mol. The van der Waals surface area contributed by atoms with E-state index in [9.17, 15) is 9.90 Å². The molecule has 1 aliphatic rings. The van der Waals surface area contributed by atoms with Gasteiger partial charge in [0, 0.05) is 25.3 Å². The number of nitrogens with one attached hydrogen (secondary N) is 1. The monoisotopic (exact) mass is 280 g/mol. The van der Waals surface area contributed by atoms with Crippen LogP contribution in [0.3, 0.4) is 0 Å². The fourth-order valence-corrected chi connectivity index (χ4v) is 2.05. The van der Waals surface area contributed by atoms with Crippen LogP contribution in [0.15, 0.2) is 12.1 Å². The Balaban J connectivity index is 2.15. The minimum atomic E-state index is -0.986. The number of nitrogens with zero attached hydrogens (tertiary/aromatic N) is 1. The summed E-state index contributed by atoms with van der Waals surface area (Å²) < 4.78 is 5.17. The first-order chi connectivity index (χ1) is 9.39. The van der Waals surface area contributed by atoms with Crippen LogP contribution in [0.25, 0.3) is 0 Å². The molecule has 0 spiro atoms. The Hall–Kier alpha value is -1.66. The van der Waals surface area contributed by atoms with Crippen LogP contribution < -0.4 is 5.32 Å². The van der Waals surface area contributed by atoms with Gasteiger partial charge in [0.15, 0.2) is 0 Å². The zero-order valence-corrected chi connectivity index (χ0v) is 11.7. The lowest BCUT2D eigenvalue weighted by Gasteiger charge is -2.21. The lowest BCUT2D eigenvalue weighted by molar-refractivity contribution is 0.0381. The number of hydrogen-bond acceptors (Lipinski definition) is 5. The van der Waals surface area contributed by atoms with E-state index in [1.54, 1.807) is 6.07 Å². The van der Waals surface area contributed by atoms with Crippen molar-refractivity contribution in [3.8, 4) is 0 Å². The van der Waals surface area contributed by atoms with Gasteiger partial charge in [-0.3, -0.25) is 0 Å². The molecule has 2 heterocycles. The number of aromatic nitrogens is 1. The van der Waals surface area contributed by atoms with Crippen molar-refractivity contribution in [3.05, 3.63) is 23.4 Å². The van der Waals surface area contributed by atoms with Crippen molar-refractivity contribution in [2.75, 3.05) is 25.1 Å². The maximum Gasteiger partial charge on any atom is 0.335 e. The highest BCUT2D eigenvalue weighted by molar-refractivity contribution is 5.88. The van der Waals surface area contributed by atoms with Crippen LogP contribution in [-0.2, 0) is 4.74 Å². The second kappa shape index (κ2) is 5.76. The maximum absolute atomic E-state index is 11.1. The minimum Gasteiger partial charge on any atom is -0.478 e. The zero-order chi connectivity index (χ0) is 14.8. The van der Waals surface area contributed by atoms with Gasteiger partial charge in [0.1, 0.15) is 11.4 Å². The van der Waals surface area contributed by atoms with Crippen LogP contribution in [0, 0.1) is 0 Å².